The largest absolute Gasteiger partial charge is 0.394 e. The average molecular weight is 676 g/mol. The van der Waals surface area contributed by atoms with E-state index in [0.29, 0.717) is 12.8 Å². The number of aliphatic hydroxyl groups is 2. The molecule has 2 atom stereocenters. The first-order valence-corrected chi connectivity index (χ1v) is 21.5. The molecule has 3 N–H and O–H groups in total. The zero-order chi connectivity index (χ0) is 35.0. The van der Waals surface area contributed by atoms with Crippen molar-refractivity contribution >= 4 is 5.91 Å². The molecule has 0 aliphatic rings. The summed E-state index contributed by atoms with van der Waals surface area (Å²) < 4.78 is 0. The van der Waals surface area contributed by atoms with Gasteiger partial charge in [-0.2, -0.15) is 0 Å². The highest BCUT2D eigenvalue weighted by Crippen LogP contribution is 2.16. The van der Waals surface area contributed by atoms with Gasteiger partial charge in [-0.05, 0) is 44.9 Å². The van der Waals surface area contributed by atoms with Crippen LogP contribution < -0.4 is 5.32 Å². The van der Waals surface area contributed by atoms with Gasteiger partial charge in [-0.25, -0.2) is 0 Å². The number of amides is 1. The summed E-state index contributed by atoms with van der Waals surface area (Å²) in [4.78, 5) is 12.3. The van der Waals surface area contributed by atoms with Crippen LogP contribution >= 0.6 is 0 Å². The number of rotatable bonds is 39. The zero-order valence-electron chi connectivity index (χ0n) is 32.5. The van der Waals surface area contributed by atoms with Crippen molar-refractivity contribution in [3.63, 3.8) is 0 Å². The maximum atomic E-state index is 12.3. The first kappa shape index (κ1) is 46.9. The number of nitrogens with one attached hydrogen (secondary N) is 1. The first-order valence-electron chi connectivity index (χ1n) is 21.5. The van der Waals surface area contributed by atoms with Crippen LogP contribution in [0.2, 0.25) is 0 Å². The van der Waals surface area contributed by atoms with Crippen molar-refractivity contribution < 1.29 is 15.0 Å². The molecule has 48 heavy (non-hydrogen) atoms. The van der Waals surface area contributed by atoms with Crippen molar-refractivity contribution in [2.45, 2.75) is 244 Å². The van der Waals surface area contributed by atoms with E-state index in [1.54, 1.807) is 0 Å². The SMILES string of the molecule is CCCCCCC/C=C\C/C=C\CCCCCCCCCCCCCCCCCCCCCC(=O)NC(CO)C(O)CCCCCCC. The Morgan fingerprint density at radius 3 is 1.25 bits per heavy atom. The topological polar surface area (TPSA) is 69.6 Å². The van der Waals surface area contributed by atoms with Crippen LogP contribution in [0.1, 0.15) is 232 Å². The van der Waals surface area contributed by atoms with Crippen molar-refractivity contribution in [2.24, 2.45) is 0 Å². The molecule has 4 nitrogen and oxygen atoms in total. The number of hydrogen-bond acceptors (Lipinski definition) is 3. The Balaban J connectivity index is 3.34. The van der Waals surface area contributed by atoms with Crippen LogP contribution in [0, 0.1) is 0 Å². The molecule has 0 aromatic rings. The molecule has 0 aromatic carbocycles. The fraction of sp³-hybridized carbons (Fsp3) is 0.886. The Morgan fingerprint density at radius 2 is 0.854 bits per heavy atom. The minimum atomic E-state index is -0.652. The fourth-order valence-corrected chi connectivity index (χ4v) is 6.63. The van der Waals surface area contributed by atoms with Gasteiger partial charge < -0.3 is 15.5 Å². The minimum Gasteiger partial charge on any atom is -0.394 e. The molecule has 0 aromatic heterocycles. The molecule has 0 saturated carbocycles. The Kier molecular flexibility index (Phi) is 39.4. The number of aliphatic hydroxyl groups excluding tert-OH is 2. The lowest BCUT2D eigenvalue weighted by atomic mass is 10.0. The third kappa shape index (κ3) is 36.2. The van der Waals surface area contributed by atoms with E-state index >= 15 is 0 Å². The van der Waals surface area contributed by atoms with Gasteiger partial charge in [0.15, 0.2) is 0 Å². The minimum absolute atomic E-state index is 0.0361. The smallest absolute Gasteiger partial charge is 0.220 e. The van der Waals surface area contributed by atoms with E-state index < -0.39 is 12.1 Å². The van der Waals surface area contributed by atoms with Gasteiger partial charge in [-0.1, -0.05) is 205 Å². The second-order valence-corrected chi connectivity index (χ2v) is 14.8. The molecule has 4 heteroatoms. The molecule has 1 amide bonds. The predicted molar refractivity (Wildman–Crippen MR) is 212 cm³/mol. The van der Waals surface area contributed by atoms with Gasteiger partial charge in [0.25, 0.3) is 0 Å². The highest BCUT2D eigenvalue weighted by Gasteiger charge is 2.19. The Hall–Kier alpha value is -1.13. The fourth-order valence-electron chi connectivity index (χ4n) is 6.63. The van der Waals surface area contributed by atoms with Crippen LogP contribution in [0.25, 0.3) is 0 Å². The van der Waals surface area contributed by atoms with E-state index in [1.165, 1.54) is 173 Å². The molecule has 0 spiro atoms. The first-order chi connectivity index (χ1) is 23.7. The van der Waals surface area contributed by atoms with Crippen LogP contribution in [-0.2, 0) is 4.79 Å². The van der Waals surface area contributed by atoms with Crippen LogP contribution in [-0.4, -0.2) is 34.9 Å². The molecule has 0 radical (unpaired) electrons. The van der Waals surface area contributed by atoms with E-state index in [2.05, 4.69) is 43.5 Å². The lowest BCUT2D eigenvalue weighted by Crippen LogP contribution is -2.45. The van der Waals surface area contributed by atoms with Gasteiger partial charge in [0.05, 0.1) is 18.8 Å². The lowest BCUT2D eigenvalue weighted by Gasteiger charge is -2.22. The molecule has 2 unspecified atom stereocenters. The number of carbonyl (C=O) groups is 1. The van der Waals surface area contributed by atoms with E-state index in [-0.39, 0.29) is 12.5 Å². The number of unbranched alkanes of at least 4 members (excludes halogenated alkanes) is 28. The summed E-state index contributed by atoms with van der Waals surface area (Å²) in [6.45, 7) is 4.27. The van der Waals surface area contributed by atoms with Crippen molar-refractivity contribution in [2.75, 3.05) is 6.61 Å². The van der Waals surface area contributed by atoms with Gasteiger partial charge in [0.1, 0.15) is 0 Å². The van der Waals surface area contributed by atoms with Crippen LogP contribution in [0.15, 0.2) is 24.3 Å². The van der Waals surface area contributed by atoms with Crippen molar-refractivity contribution in [1.82, 2.24) is 5.32 Å². The van der Waals surface area contributed by atoms with Gasteiger partial charge in [-0.15, -0.1) is 0 Å². The van der Waals surface area contributed by atoms with E-state index in [0.717, 1.165) is 32.1 Å². The molecule has 0 rings (SSSR count). The molecule has 0 saturated heterocycles. The average Bonchev–Trinajstić information content (AvgIpc) is 3.09. The van der Waals surface area contributed by atoms with Gasteiger partial charge in [0, 0.05) is 6.42 Å². The second kappa shape index (κ2) is 40.3. The van der Waals surface area contributed by atoms with Crippen LogP contribution in [0.3, 0.4) is 0 Å². The number of allylic oxidation sites excluding steroid dienone is 4. The monoisotopic (exact) mass is 676 g/mol. The summed E-state index contributed by atoms with van der Waals surface area (Å²) in [6, 6.07) is -0.529. The van der Waals surface area contributed by atoms with Crippen LogP contribution in [0.5, 0.6) is 0 Å². The third-order valence-corrected chi connectivity index (χ3v) is 9.97. The van der Waals surface area contributed by atoms with Crippen molar-refractivity contribution in [3.8, 4) is 0 Å². The van der Waals surface area contributed by atoms with E-state index in [4.69, 9.17) is 0 Å². The highest BCUT2D eigenvalue weighted by atomic mass is 16.3. The van der Waals surface area contributed by atoms with Crippen molar-refractivity contribution in [1.29, 1.82) is 0 Å². The molecule has 0 aliphatic heterocycles. The molecular formula is C44H85NO3. The Labute approximate surface area is 300 Å². The van der Waals surface area contributed by atoms with Gasteiger partial charge in [-0.3, -0.25) is 4.79 Å². The summed E-state index contributed by atoms with van der Waals surface area (Å²) >= 11 is 0. The van der Waals surface area contributed by atoms with Gasteiger partial charge >= 0.3 is 0 Å². The lowest BCUT2D eigenvalue weighted by molar-refractivity contribution is -0.123. The molecule has 0 aliphatic carbocycles. The quantitative estimate of drug-likeness (QED) is 0.0448. The second-order valence-electron chi connectivity index (χ2n) is 14.8. The summed E-state index contributed by atoms with van der Waals surface area (Å²) in [7, 11) is 0. The number of carbonyl (C=O) groups excluding carboxylic acids is 1. The Bertz CT molecular complexity index is 691. The Morgan fingerprint density at radius 1 is 0.500 bits per heavy atom. The van der Waals surface area contributed by atoms with E-state index in [9.17, 15) is 15.0 Å². The zero-order valence-corrected chi connectivity index (χ0v) is 32.5. The number of hydrogen-bond donors (Lipinski definition) is 3. The summed E-state index contributed by atoms with van der Waals surface area (Å²) in [6.07, 6.45) is 51.6. The molecular weight excluding hydrogens is 590 g/mol. The highest BCUT2D eigenvalue weighted by molar-refractivity contribution is 5.76. The maximum absolute atomic E-state index is 12.3. The van der Waals surface area contributed by atoms with Crippen LogP contribution in [0.4, 0.5) is 0 Å². The predicted octanol–water partition coefficient (Wildman–Crippen LogP) is 13.2. The van der Waals surface area contributed by atoms with Gasteiger partial charge in [0.2, 0.25) is 5.91 Å². The third-order valence-electron chi connectivity index (χ3n) is 9.97. The molecule has 0 heterocycles. The molecule has 0 bridgehead atoms. The summed E-state index contributed by atoms with van der Waals surface area (Å²) in [5.74, 6) is -0.0361. The standard InChI is InChI=1S/C44H85NO3/c1-3-5-7-9-10-11-12-13-14-15-16-17-18-19-20-21-22-23-24-25-26-27-28-29-30-31-32-33-34-36-38-40-44(48)45-42(41-46)43(47)39-37-35-8-6-4-2/h12-13,15-16,42-43,46-47H,3-11,14,17-41H2,1-2H3,(H,45,48)/b13-12-,16-15-. The summed E-state index contributed by atoms with van der Waals surface area (Å²) in [5.41, 5.74) is 0. The molecule has 0 fully saturated rings. The van der Waals surface area contributed by atoms with Crippen molar-refractivity contribution in [3.05, 3.63) is 24.3 Å². The summed E-state index contributed by atoms with van der Waals surface area (Å²) in [5, 5.41) is 22.8. The normalized spacial score (nSPS) is 13.2. The molecule has 284 valence electrons. The van der Waals surface area contributed by atoms with E-state index in [1.807, 2.05) is 0 Å². The maximum Gasteiger partial charge on any atom is 0.220 e.